The topological polar surface area (TPSA) is 134 Å². The van der Waals surface area contributed by atoms with Gasteiger partial charge < -0.3 is 30.3 Å². The quantitative estimate of drug-likeness (QED) is 0.396. The number of carbonyl (C=O) groups excluding carboxylic acids is 2. The van der Waals surface area contributed by atoms with E-state index in [0.29, 0.717) is 0 Å². The van der Waals surface area contributed by atoms with Crippen LogP contribution >= 0.6 is 0 Å². The van der Waals surface area contributed by atoms with Gasteiger partial charge >= 0.3 is 12.1 Å². The molecule has 9 nitrogen and oxygen atoms in total. The second-order valence-electron chi connectivity index (χ2n) is 8.22. The Morgan fingerprint density at radius 1 is 1.06 bits per heavy atom. The van der Waals surface area contributed by atoms with Crippen LogP contribution < -0.4 is 10.6 Å². The maximum Gasteiger partial charge on any atom is 0.408 e. The van der Waals surface area contributed by atoms with Gasteiger partial charge in [0, 0.05) is 26.0 Å². The van der Waals surface area contributed by atoms with E-state index in [-0.39, 0.29) is 38.5 Å². The monoisotopic (exact) mass is 470 g/mol. The van der Waals surface area contributed by atoms with Gasteiger partial charge in [0.1, 0.15) is 12.1 Å². The van der Waals surface area contributed by atoms with Gasteiger partial charge in [-0.2, -0.15) is 0 Å². The van der Waals surface area contributed by atoms with E-state index in [2.05, 4.69) is 10.6 Å². The number of methoxy groups -OCH3 is 1. The number of ether oxygens (including phenoxy) is 2. The van der Waals surface area contributed by atoms with Crippen molar-refractivity contribution >= 4 is 18.0 Å². The molecule has 2 amide bonds. The third-order valence-corrected chi connectivity index (χ3v) is 6.10. The van der Waals surface area contributed by atoms with Gasteiger partial charge in [0.15, 0.2) is 6.10 Å². The molecule has 0 aromatic heterocycles. The number of nitrogens with one attached hydrogen (secondary N) is 2. The van der Waals surface area contributed by atoms with Gasteiger partial charge in [-0.15, -0.1) is 0 Å². The second-order valence-corrected chi connectivity index (χ2v) is 8.22. The number of aliphatic carboxylic acids is 1. The van der Waals surface area contributed by atoms with Crippen molar-refractivity contribution in [1.82, 2.24) is 10.6 Å². The molecule has 1 unspecified atom stereocenters. The van der Waals surface area contributed by atoms with Crippen molar-refractivity contribution in [3.05, 3.63) is 59.7 Å². The van der Waals surface area contributed by atoms with Gasteiger partial charge in [-0.3, -0.25) is 4.79 Å². The van der Waals surface area contributed by atoms with Crippen molar-refractivity contribution in [3.8, 4) is 11.1 Å². The van der Waals surface area contributed by atoms with Crippen molar-refractivity contribution in [1.29, 1.82) is 0 Å². The molecule has 2 aromatic carbocycles. The molecule has 0 spiro atoms. The SMILES string of the molecule is CCC(COC)(NC(=O)OCC1c2ccccc2-c2ccccc21)C(=O)NCC[C@H](O)C(=O)O. The van der Waals surface area contributed by atoms with Crippen molar-refractivity contribution in [2.24, 2.45) is 0 Å². The number of fused-ring (bicyclic) bond motifs is 3. The molecule has 34 heavy (non-hydrogen) atoms. The van der Waals surface area contributed by atoms with Gasteiger partial charge in [-0.05, 0) is 28.7 Å². The van der Waals surface area contributed by atoms with Gasteiger partial charge in [0.2, 0.25) is 5.91 Å². The van der Waals surface area contributed by atoms with Crippen molar-refractivity contribution in [3.63, 3.8) is 0 Å². The predicted octanol–water partition coefficient (Wildman–Crippen LogP) is 2.27. The summed E-state index contributed by atoms with van der Waals surface area (Å²) in [5, 5.41) is 23.4. The van der Waals surface area contributed by atoms with Gasteiger partial charge in [0.05, 0.1) is 6.61 Å². The molecule has 2 aromatic rings. The Hall–Kier alpha value is -3.43. The highest BCUT2D eigenvalue weighted by Gasteiger charge is 2.39. The zero-order valence-corrected chi connectivity index (χ0v) is 19.2. The number of amides is 2. The average Bonchev–Trinajstić information content (AvgIpc) is 3.15. The van der Waals surface area contributed by atoms with E-state index in [4.69, 9.17) is 14.6 Å². The number of hydrogen-bond acceptors (Lipinski definition) is 6. The van der Waals surface area contributed by atoms with Crippen LogP contribution in [0.5, 0.6) is 0 Å². The molecule has 182 valence electrons. The largest absolute Gasteiger partial charge is 0.479 e. The van der Waals surface area contributed by atoms with Gasteiger partial charge in [-0.1, -0.05) is 55.5 Å². The van der Waals surface area contributed by atoms with Crippen LogP contribution in [0.2, 0.25) is 0 Å². The third kappa shape index (κ3) is 5.37. The number of benzene rings is 2. The lowest BCUT2D eigenvalue weighted by Gasteiger charge is -2.31. The first kappa shape index (κ1) is 25.2. The maximum absolute atomic E-state index is 12.9. The molecule has 1 aliphatic rings. The first-order valence-corrected chi connectivity index (χ1v) is 11.1. The van der Waals surface area contributed by atoms with Gasteiger partial charge in [0.25, 0.3) is 0 Å². The summed E-state index contributed by atoms with van der Waals surface area (Å²) in [6, 6.07) is 16.0. The molecular formula is C25H30N2O7. The fourth-order valence-corrected chi connectivity index (χ4v) is 4.20. The standard InChI is InChI=1S/C25H30N2O7/c1-3-25(15-33-2,23(31)26-13-12-21(28)22(29)30)27-24(32)34-14-20-18-10-6-4-8-16(18)17-9-5-7-11-19(17)20/h4-11,20-21,28H,3,12-15H2,1-2H3,(H,26,31)(H,27,32)(H,29,30)/t21-,25?/m0/s1. The van der Waals surface area contributed by atoms with E-state index in [1.54, 1.807) is 6.92 Å². The van der Waals surface area contributed by atoms with Crippen LogP contribution in [-0.2, 0) is 19.1 Å². The molecule has 3 rings (SSSR count). The fourth-order valence-electron chi connectivity index (χ4n) is 4.20. The molecule has 0 radical (unpaired) electrons. The Bertz CT molecular complexity index is 996. The van der Waals surface area contributed by atoms with E-state index >= 15 is 0 Å². The number of aliphatic hydroxyl groups excluding tert-OH is 1. The van der Waals surface area contributed by atoms with Crippen LogP contribution in [0.1, 0.15) is 36.8 Å². The summed E-state index contributed by atoms with van der Waals surface area (Å²) in [6.07, 6.45) is -2.31. The minimum absolute atomic E-state index is 0.0792. The number of alkyl carbamates (subject to hydrolysis) is 1. The first-order valence-electron chi connectivity index (χ1n) is 11.1. The maximum atomic E-state index is 12.9. The van der Waals surface area contributed by atoms with Gasteiger partial charge in [-0.25, -0.2) is 9.59 Å². The molecule has 0 bridgehead atoms. The number of hydrogen-bond donors (Lipinski definition) is 4. The summed E-state index contributed by atoms with van der Waals surface area (Å²) in [4.78, 5) is 36.4. The summed E-state index contributed by atoms with van der Waals surface area (Å²) < 4.78 is 10.7. The van der Waals surface area contributed by atoms with Crippen LogP contribution in [-0.4, -0.2) is 66.7 Å². The molecule has 1 aliphatic carbocycles. The molecular weight excluding hydrogens is 440 g/mol. The highest BCUT2D eigenvalue weighted by molar-refractivity contribution is 5.90. The van der Waals surface area contributed by atoms with E-state index < -0.39 is 29.6 Å². The molecule has 0 fully saturated rings. The van der Waals surface area contributed by atoms with Crippen LogP contribution in [0.4, 0.5) is 4.79 Å². The van der Waals surface area contributed by atoms with Crippen LogP contribution in [0.15, 0.2) is 48.5 Å². The normalized spacial score (nSPS) is 14.9. The Balaban J connectivity index is 1.66. The third-order valence-electron chi connectivity index (χ3n) is 6.10. The smallest absolute Gasteiger partial charge is 0.408 e. The Morgan fingerprint density at radius 2 is 1.65 bits per heavy atom. The van der Waals surface area contributed by atoms with E-state index in [0.717, 1.165) is 22.3 Å². The molecule has 4 N–H and O–H groups in total. The molecule has 2 atom stereocenters. The van der Waals surface area contributed by atoms with Crippen LogP contribution in [0.25, 0.3) is 11.1 Å². The Morgan fingerprint density at radius 3 is 2.18 bits per heavy atom. The molecule has 0 heterocycles. The number of aliphatic hydroxyl groups is 1. The number of carboxylic acids is 1. The molecule has 0 aliphatic heterocycles. The molecule has 0 saturated heterocycles. The van der Waals surface area contributed by atoms with Crippen LogP contribution in [0, 0.1) is 0 Å². The summed E-state index contributed by atoms with van der Waals surface area (Å²) in [6.45, 7) is 1.62. The lowest BCUT2D eigenvalue weighted by atomic mass is 9.96. The second kappa shape index (κ2) is 11.1. The number of carboxylic acid groups (broad SMARTS) is 1. The first-order chi connectivity index (χ1) is 16.3. The lowest BCUT2D eigenvalue weighted by Crippen LogP contribution is -2.61. The number of carbonyl (C=O) groups is 3. The Kier molecular flexibility index (Phi) is 8.25. The van der Waals surface area contributed by atoms with E-state index in [1.807, 2.05) is 48.5 Å². The van der Waals surface area contributed by atoms with Crippen molar-refractivity contribution in [2.45, 2.75) is 37.3 Å². The van der Waals surface area contributed by atoms with Crippen molar-refractivity contribution < 1.29 is 34.1 Å². The zero-order valence-electron chi connectivity index (χ0n) is 19.2. The highest BCUT2D eigenvalue weighted by atomic mass is 16.5. The molecule has 0 saturated carbocycles. The van der Waals surface area contributed by atoms with Crippen LogP contribution in [0.3, 0.4) is 0 Å². The fraction of sp³-hybridized carbons (Fsp3) is 0.400. The summed E-state index contributed by atoms with van der Waals surface area (Å²) in [5.74, 6) is -2.05. The minimum atomic E-state index is -1.59. The summed E-state index contributed by atoms with van der Waals surface area (Å²) >= 11 is 0. The van der Waals surface area contributed by atoms with E-state index in [1.165, 1.54) is 7.11 Å². The average molecular weight is 471 g/mol. The lowest BCUT2D eigenvalue weighted by molar-refractivity contribution is -0.147. The number of rotatable bonds is 11. The zero-order chi connectivity index (χ0) is 24.7. The molecule has 9 heteroatoms. The highest BCUT2D eigenvalue weighted by Crippen LogP contribution is 2.44. The van der Waals surface area contributed by atoms with E-state index in [9.17, 15) is 19.5 Å². The van der Waals surface area contributed by atoms with Crippen molar-refractivity contribution in [2.75, 3.05) is 26.9 Å². The summed E-state index contributed by atoms with van der Waals surface area (Å²) in [5.41, 5.74) is 2.95. The predicted molar refractivity (Wildman–Crippen MR) is 124 cm³/mol. The Labute approximate surface area is 198 Å². The summed E-state index contributed by atoms with van der Waals surface area (Å²) in [7, 11) is 1.41. The minimum Gasteiger partial charge on any atom is -0.479 e.